The van der Waals surface area contributed by atoms with Crippen LogP contribution >= 0.6 is 0 Å². The molecule has 1 atom stereocenters. The molecule has 1 saturated heterocycles. The molecular formula is C43H39IrN9O9S-2. The van der Waals surface area contributed by atoms with Crippen molar-refractivity contribution in [2.75, 3.05) is 12.3 Å². The van der Waals surface area contributed by atoms with Gasteiger partial charge < -0.3 is 15.5 Å². The number of nitrogens with one attached hydrogen (secondary N) is 2. The summed E-state index contributed by atoms with van der Waals surface area (Å²) >= 11 is 0. The van der Waals surface area contributed by atoms with Gasteiger partial charge in [0.15, 0.2) is 0 Å². The minimum Gasteiger partial charge on any atom is -0.354 e. The van der Waals surface area contributed by atoms with Crippen LogP contribution in [0.2, 0.25) is 0 Å². The van der Waals surface area contributed by atoms with Gasteiger partial charge in [0, 0.05) is 93.9 Å². The minimum absolute atomic E-state index is 0. The fourth-order valence-electron chi connectivity index (χ4n) is 5.99. The van der Waals surface area contributed by atoms with E-state index in [1.165, 1.54) is 12.3 Å². The largest absolute Gasteiger partial charge is 0.354 e. The smallest absolute Gasteiger partial charge is 0.333 e. The second kappa shape index (κ2) is 22.7. The number of carbonyl (C=O) groups excluding carboxylic acids is 5. The number of para-hydroxylation sites is 2. The quantitative estimate of drug-likeness (QED) is 0.0488. The number of benzene rings is 3. The second-order valence-corrected chi connectivity index (χ2v) is 14.9. The Balaban J connectivity index is 0.000000260. The molecule has 4 aromatic heterocycles. The molecule has 3 aromatic carbocycles. The zero-order chi connectivity index (χ0) is 43.9. The molecule has 327 valence electrons. The van der Waals surface area contributed by atoms with Crippen LogP contribution in [0.4, 0.5) is 0 Å². The molecule has 1 aliphatic heterocycles. The number of aromatic nitrogens is 6. The van der Waals surface area contributed by atoms with E-state index in [0.29, 0.717) is 21.5 Å². The molecular weight excluding hydrogens is 1010 g/mol. The molecule has 0 bridgehead atoms. The molecule has 1 radical (unpaired) electrons. The summed E-state index contributed by atoms with van der Waals surface area (Å²) in [5, 5.41) is 14.6. The monoisotopic (exact) mass is 1050 g/mol. The van der Waals surface area contributed by atoms with Crippen LogP contribution in [-0.4, -0.2) is 95.5 Å². The molecule has 0 saturated carbocycles. The Morgan fingerprint density at radius 1 is 0.762 bits per heavy atom. The fourth-order valence-corrected chi connectivity index (χ4v) is 6.65. The van der Waals surface area contributed by atoms with Crippen LogP contribution < -0.4 is 10.6 Å². The first-order valence-electron chi connectivity index (χ1n) is 19.1. The maximum atomic E-state index is 13.1. The van der Waals surface area contributed by atoms with Gasteiger partial charge in [-0.3, -0.25) is 43.1 Å². The van der Waals surface area contributed by atoms with E-state index in [1.807, 2.05) is 79.1 Å². The van der Waals surface area contributed by atoms with Crippen LogP contribution in [0.3, 0.4) is 0 Å². The maximum Gasteiger partial charge on any atom is 0.333 e. The van der Waals surface area contributed by atoms with E-state index in [2.05, 4.69) is 42.9 Å². The third-order valence-corrected chi connectivity index (χ3v) is 9.67. The second-order valence-electron chi connectivity index (χ2n) is 13.4. The summed E-state index contributed by atoms with van der Waals surface area (Å²) in [4.78, 5) is 74.1. The molecule has 1 fully saturated rings. The van der Waals surface area contributed by atoms with Gasteiger partial charge >= 0.3 is 5.97 Å². The van der Waals surface area contributed by atoms with E-state index in [9.17, 15) is 36.9 Å². The number of hydroxylamine groups is 2. The van der Waals surface area contributed by atoms with Crippen molar-refractivity contribution < 1.29 is 61.9 Å². The van der Waals surface area contributed by atoms with E-state index in [-0.39, 0.29) is 64.3 Å². The maximum absolute atomic E-state index is 13.1. The van der Waals surface area contributed by atoms with Crippen molar-refractivity contribution in [2.24, 2.45) is 0 Å². The minimum atomic E-state index is -4.65. The van der Waals surface area contributed by atoms with Crippen molar-refractivity contribution in [1.29, 1.82) is 0 Å². The zero-order valence-corrected chi connectivity index (χ0v) is 36.4. The van der Waals surface area contributed by atoms with Crippen LogP contribution in [0.25, 0.3) is 33.2 Å². The molecule has 8 rings (SSSR count). The number of rotatable bonds is 13. The topological polar surface area (TPSA) is 238 Å². The number of nitrogens with zero attached hydrogens (tertiary/aromatic N) is 7. The summed E-state index contributed by atoms with van der Waals surface area (Å²) in [6.45, 7) is 0.00137. The number of imide groups is 1. The molecule has 4 amide bonds. The van der Waals surface area contributed by atoms with Gasteiger partial charge in [-0.05, 0) is 48.5 Å². The molecule has 63 heavy (non-hydrogen) atoms. The average molecular weight is 1050 g/mol. The summed E-state index contributed by atoms with van der Waals surface area (Å²) in [7, 11) is -4.65. The molecule has 0 spiro atoms. The molecule has 3 N–H and O–H groups in total. The summed E-state index contributed by atoms with van der Waals surface area (Å²) in [5.74, 6) is -4.68. The molecule has 7 aromatic rings. The summed E-state index contributed by atoms with van der Waals surface area (Å²) in [6.07, 6.45) is 10.6. The fraction of sp³-hybridized carbons (Fsp3) is 0.186. The summed E-state index contributed by atoms with van der Waals surface area (Å²) in [5.41, 5.74) is 3.07. The van der Waals surface area contributed by atoms with Gasteiger partial charge in [-0.25, -0.2) is 4.79 Å². The van der Waals surface area contributed by atoms with Crippen molar-refractivity contribution in [3.05, 3.63) is 146 Å². The van der Waals surface area contributed by atoms with Gasteiger partial charge in [0.05, 0.1) is 16.6 Å². The molecule has 0 aliphatic carbocycles. The average Bonchev–Trinajstić information content (AvgIpc) is 4.09. The molecule has 18 nitrogen and oxygen atoms in total. The van der Waals surface area contributed by atoms with Crippen molar-refractivity contribution in [1.82, 2.24) is 45.2 Å². The Morgan fingerprint density at radius 2 is 1.40 bits per heavy atom. The van der Waals surface area contributed by atoms with E-state index in [4.69, 9.17) is 4.84 Å². The standard InChI is InChI=1S/C25H25N5O9S.2C9H7N2.Ir/c31-19-8-9-20(32)30(19)39-21(33)5-1-2-11-28-25(35)18(14-40(36,37)38)29-24(34)17-10-13-27-23-16(17)7-6-15-4-3-12-26-22(15)23;2*1-2-5-9(6-3-1)11-8-4-7-10-11;/h3-4,6-7,10,12-13,18H,1-2,5,8-9,11,14H2,(H,28,35)(H,29,34)(H,36,37,38);2*1-5,7-8H;/q;2*-1;. The van der Waals surface area contributed by atoms with Gasteiger partial charge in [0.1, 0.15) is 11.8 Å². The molecule has 1 unspecified atom stereocenters. The van der Waals surface area contributed by atoms with E-state index in [0.717, 1.165) is 16.8 Å². The summed E-state index contributed by atoms with van der Waals surface area (Å²) < 4.78 is 36.0. The Labute approximate surface area is 374 Å². The normalized spacial score (nSPS) is 12.6. The van der Waals surface area contributed by atoms with Gasteiger partial charge in [-0.1, -0.05) is 18.2 Å². The predicted octanol–water partition coefficient (Wildman–Crippen LogP) is 4.01. The third-order valence-electron chi connectivity index (χ3n) is 8.92. The number of hydrogen-bond donors (Lipinski definition) is 3. The first kappa shape index (κ1) is 47.1. The number of pyridine rings is 2. The van der Waals surface area contributed by atoms with Crippen molar-refractivity contribution >= 4 is 61.5 Å². The van der Waals surface area contributed by atoms with Crippen molar-refractivity contribution in [3.63, 3.8) is 0 Å². The van der Waals surface area contributed by atoms with Crippen molar-refractivity contribution in [3.8, 4) is 11.4 Å². The number of hydrogen-bond acceptors (Lipinski definition) is 12. The summed E-state index contributed by atoms with van der Waals surface area (Å²) in [6, 6.07) is 32.2. The first-order chi connectivity index (χ1) is 30.0. The SMILES string of the molecule is O=C(CCCCNC(=O)C(CS(=O)(=O)O)NC(=O)c1ccnc2c1ccc1cccnc12)ON1C(=O)CCC1=O.[Ir].[c-]1ccccc1-n1cccn1.[c-]1ccccc1-n1cccn1. The van der Waals surface area contributed by atoms with E-state index in [1.54, 1.807) is 46.2 Å². The molecule has 5 heterocycles. The van der Waals surface area contributed by atoms with Crippen LogP contribution in [0.15, 0.2) is 128 Å². The van der Waals surface area contributed by atoms with Crippen LogP contribution in [0.5, 0.6) is 0 Å². The van der Waals surface area contributed by atoms with Gasteiger partial charge in [-0.15, -0.1) is 17.2 Å². The third kappa shape index (κ3) is 13.5. The Morgan fingerprint density at radius 3 is 1.97 bits per heavy atom. The number of unbranched alkanes of at least 4 members (excludes halogenated alkanes) is 1. The van der Waals surface area contributed by atoms with Gasteiger partial charge in [0.2, 0.25) is 5.91 Å². The van der Waals surface area contributed by atoms with E-state index < -0.39 is 51.5 Å². The number of amides is 4. The van der Waals surface area contributed by atoms with Crippen LogP contribution in [0, 0.1) is 12.1 Å². The first-order valence-corrected chi connectivity index (χ1v) is 20.7. The van der Waals surface area contributed by atoms with Gasteiger partial charge in [-0.2, -0.15) is 67.1 Å². The van der Waals surface area contributed by atoms with Gasteiger partial charge in [0.25, 0.3) is 27.8 Å². The van der Waals surface area contributed by atoms with Crippen LogP contribution in [-0.2, 0) is 54.2 Å². The Kier molecular flexibility index (Phi) is 17.0. The molecule has 1 aliphatic rings. The zero-order valence-electron chi connectivity index (χ0n) is 33.2. The van der Waals surface area contributed by atoms with Crippen LogP contribution in [0.1, 0.15) is 42.5 Å². The Hall–Kier alpha value is -6.99. The number of fused-ring (bicyclic) bond motifs is 3. The van der Waals surface area contributed by atoms with E-state index >= 15 is 0 Å². The Bertz CT molecular complexity index is 2660. The molecule has 20 heteroatoms. The predicted molar refractivity (Wildman–Crippen MR) is 224 cm³/mol. The number of carbonyl (C=O) groups is 5. The van der Waals surface area contributed by atoms with Crippen molar-refractivity contribution in [2.45, 2.75) is 38.1 Å².